The summed E-state index contributed by atoms with van der Waals surface area (Å²) in [6, 6.07) is 0. The van der Waals surface area contributed by atoms with Gasteiger partial charge >= 0.3 is 5.97 Å². The maximum Gasteiger partial charge on any atom is 0.334 e. The van der Waals surface area contributed by atoms with E-state index in [2.05, 4.69) is 6.58 Å². The summed E-state index contributed by atoms with van der Waals surface area (Å²) in [4.78, 5) is 11.7. The van der Waals surface area contributed by atoms with Gasteiger partial charge in [0, 0.05) is 17.6 Å². The summed E-state index contributed by atoms with van der Waals surface area (Å²) in [7, 11) is 0. The fourth-order valence-electron chi connectivity index (χ4n) is 2.88. The molecule has 3 nitrogen and oxygen atoms in total. The van der Waals surface area contributed by atoms with Gasteiger partial charge in [-0.3, -0.25) is 0 Å². The van der Waals surface area contributed by atoms with Crippen molar-refractivity contribution in [1.82, 2.24) is 0 Å². The second kappa shape index (κ2) is 4.58. The van der Waals surface area contributed by atoms with E-state index in [1.165, 1.54) is 12.8 Å². The Bertz CT molecular complexity index is 298. The van der Waals surface area contributed by atoms with Gasteiger partial charge in [0.2, 0.25) is 0 Å². The number of carbonyl (C=O) groups is 1. The monoisotopic (exact) mass is 224 g/mol. The van der Waals surface area contributed by atoms with E-state index in [0.29, 0.717) is 31.3 Å². The van der Waals surface area contributed by atoms with Crippen LogP contribution in [0.2, 0.25) is 0 Å². The first-order chi connectivity index (χ1) is 7.70. The second-order valence-corrected chi connectivity index (χ2v) is 4.76. The predicted molar refractivity (Wildman–Crippen MR) is 61.0 cm³/mol. The fourth-order valence-corrected chi connectivity index (χ4v) is 2.88. The molecule has 90 valence electrons. The number of ether oxygens (including phenoxy) is 2. The summed E-state index contributed by atoms with van der Waals surface area (Å²) in [6.07, 6.45) is 4.75. The quantitative estimate of drug-likeness (QED) is 0.394. The molecule has 0 N–H and O–H groups in total. The third-order valence-corrected chi connectivity index (χ3v) is 3.92. The Morgan fingerprint density at radius 1 is 1.50 bits per heavy atom. The molecule has 2 aliphatic carbocycles. The molecule has 0 radical (unpaired) electrons. The highest BCUT2D eigenvalue weighted by Gasteiger charge is 2.60. The molecule has 0 aromatic rings. The Labute approximate surface area is 96.8 Å². The molecule has 2 unspecified atom stereocenters. The van der Waals surface area contributed by atoms with E-state index >= 15 is 0 Å². The average molecular weight is 224 g/mol. The van der Waals surface area contributed by atoms with Crippen molar-refractivity contribution in [3.8, 4) is 0 Å². The van der Waals surface area contributed by atoms with Crippen LogP contribution in [0.15, 0.2) is 12.2 Å². The molecule has 2 aliphatic rings. The lowest BCUT2D eigenvalue weighted by Crippen LogP contribution is -2.18. The summed E-state index contributed by atoms with van der Waals surface area (Å²) in [6.45, 7) is 7.33. The van der Waals surface area contributed by atoms with E-state index < -0.39 is 0 Å². The summed E-state index contributed by atoms with van der Waals surface area (Å²) in [5.74, 6) is 0.489. The van der Waals surface area contributed by atoms with Crippen LogP contribution in [0, 0.1) is 11.3 Å². The van der Waals surface area contributed by atoms with Gasteiger partial charge in [-0.15, -0.1) is 0 Å². The molecule has 16 heavy (non-hydrogen) atoms. The number of esters is 1. The summed E-state index contributed by atoms with van der Waals surface area (Å²) >= 11 is 0. The molecule has 0 aromatic carbocycles. The Hall–Kier alpha value is -0.830. The number of carbonyl (C=O) groups excluding carboxylic acids is 1. The summed E-state index contributed by atoms with van der Waals surface area (Å²) in [5.41, 5.74) is 0.828. The summed E-state index contributed by atoms with van der Waals surface area (Å²) < 4.78 is 10.3. The lowest BCUT2D eigenvalue weighted by Gasteiger charge is -2.14. The van der Waals surface area contributed by atoms with Crippen molar-refractivity contribution >= 4 is 5.97 Å². The van der Waals surface area contributed by atoms with Crippen LogP contribution in [0.25, 0.3) is 0 Å². The van der Waals surface area contributed by atoms with Crippen LogP contribution >= 0.6 is 0 Å². The molecule has 0 bridgehead atoms. The molecule has 0 amide bonds. The largest absolute Gasteiger partial charge is 0.460 e. The molecule has 3 heteroatoms. The Morgan fingerprint density at radius 2 is 2.31 bits per heavy atom. The fraction of sp³-hybridized carbons (Fsp3) is 0.769. The minimum absolute atomic E-state index is 0.128. The molecular weight excluding hydrogens is 204 g/mol. The Morgan fingerprint density at radius 3 is 2.88 bits per heavy atom. The number of hydrogen-bond donors (Lipinski definition) is 0. The van der Waals surface area contributed by atoms with Crippen LogP contribution in [-0.4, -0.2) is 25.8 Å². The van der Waals surface area contributed by atoms with E-state index in [-0.39, 0.29) is 11.4 Å². The Kier molecular flexibility index (Phi) is 3.33. The van der Waals surface area contributed by atoms with Gasteiger partial charge in [0.15, 0.2) is 0 Å². The maximum absolute atomic E-state index is 11.7. The number of hydrogen-bond acceptors (Lipinski definition) is 3. The molecule has 0 saturated heterocycles. The van der Waals surface area contributed by atoms with Crippen molar-refractivity contribution in [3.05, 3.63) is 12.2 Å². The lowest BCUT2D eigenvalue weighted by atomic mass is 9.94. The molecule has 2 rings (SSSR count). The van der Waals surface area contributed by atoms with Gasteiger partial charge in [-0.25, -0.2) is 4.79 Å². The lowest BCUT2D eigenvalue weighted by molar-refractivity contribution is -0.141. The maximum atomic E-state index is 11.7. The van der Waals surface area contributed by atoms with Crippen molar-refractivity contribution in [2.45, 2.75) is 32.6 Å². The topological polar surface area (TPSA) is 35.5 Å². The van der Waals surface area contributed by atoms with Crippen molar-refractivity contribution in [3.63, 3.8) is 0 Å². The molecule has 0 aromatic heterocycles. The molecule has 0 spiro atoms. The minimum Gasteiger partial charge on any atom is -0.460 e. The SMILES string of the molecule is C=C(C(=O)OCCOCC)C12CCCC1C2. The van der Waals surface area contributed by atoms with Crippen LogP contribution in [0.3, 0.4) is 0 Å². The van der Waals surface area contributed by atoms with Crippen molar-refractivity contribution in [2.75, 3.05) is 19.8 Å². The number of rotatable bonds is 6. The zero-order chi connectivity index (χ0) is 11.6. The molecule has 2 saturated carbocycles. The van der Waals surface area contributed by atoms with Gasteiger partial charge in [0.1, 0.15) is 6.61 Å². The third-order valence-electron chi connectivity index (χ3n) is 3.92. The second-order valence-electron chi connectivity index (χ2n) is 4.76. The minimum atomic E-state index is -0.218. The van der Waals surface area contributed by atoms with Gasteiger partial charge in [0.05, 0.1) is 6.61 Å². The first-order valence-corrected chi connectivity index (χ1v) is 6.15. The van der Waals surface area contributed by atoms with Gasteiger partial charge in [0.25, 0.3) is 0 Å². The Balaban J connectivity index is 1.75. The first-order valence-electron chi connectivity index (χ1n) is 6.15. The predicted octanol–water partition coefficient (Wildman–Crippen LogP) is 2.31. The van der Waals surface area contributed by atoms with Crippen LogP contribution in [0.4, 0.5) is 0 Å². The van der Waals surface area contributed by atoms with Crippen LogP contribution < -0.4 is 0 Å². The van der Waals surface area contributed by atoms with Gasteiger partial charge < -0.3 is 9.47 Å². The highest BCUT2D eigenvalue weighted by atomic mass is 16.6. The van der Waals surface area contributed by atoms with Crippen molar-refractivity contribution in [2.24, 2.45) is 11.3 Å². The van der Waals surface area contributed by atoms with E-state index in [4.69, 9.17) is 9.47 Å². The zero-order valence-electron chi connectivity index (χ0n) is 9.96. The molecule has 2 atom stereocenters. The highest BCUT2D eigenvalue weighted by Crippen LogP contribution is 2.67. The van der Waals surface area contributed by atoms with Crippen LogP contribution in [-0.2, 0) is 14.3 Å². The van der Waals surface area contributed by atoms with E-state index in [1.807, 2.05) is 6.92 Å². The van der Waals surface area contributed by atoms with Crippen molar-refractivity contribution in [1.29, 1.82) is 0 Å². The molecule has 0 aliphatic heterocycles. The molecule has 0 heterocycles. The standard InChI is InChI=1S/C13H20O3/c1-3-15-7-8-16-12(14)10(2)13-6-4-5-11(13)9-13/h11H,2-9H2,1H3. The average Bonchev–Trinajstić information content (AvgIpc) is 2.86. The third kappa shape index (κ3) is 2.01. The molecule has 2 fully saturated rings. The van der Waals surface area contributed by atoms with Crippen LogP contribution in [0.1, 0.15) is 32.6 Å². The molecular formula is C13H20O3. The zero-order valence-corrected chi connectivity index (χ0v) is 9.96. The first kappa shape index (κ1) is 11.6. The van der Waals surface area contributed by atoms with E-state index in [9.17, 15) is 4.79 Å². The van der Waals surface area contributed by atoms with Gasteiger partial charge in [-0.1, -0.05) is 13.0 Å². The van der Waals surface area contributed by atoms with Gasteiger partial charge in [-0.2, -0.15) is 0 Å². The smallest absolute Gasteiger partial charge is 0.334 e. The normalized spacial score (nSPS) is 30.9. The van der Waals surface area contributed by atoms with E-state index in [0.717, 1.165) is 12.8 Å². The van der Waals surface area contributed by atoms with Crippen molar-refractivity contribution < 1.29 is 14.3 Å². The summed E-state index contributed by atoms with van der Waals surface area (Å²) in [5, 5.41) is 0. The van der Waals surface area contributed by atoms with Crippen LogP contribution in [0.5, 0.6) is 0 Å². The number of fused-ring (bicyclic) bond motifs is 1. The van der Waals surface area contributed by atoms with E-state index in [1.54, 1.807) is 0 Å². The highest BCUT2D eigenvalue weighted by molar-refractivity contribution is 5.90. The van der Waals surface area contributed by atoms with Gasteiger partial charge in [-0.05, 0) is 32.1 Å².